The van der Waals surface area contributed by atoms with Gasteiger partial charge in [0.2, 0.25) is 0 Å². The number of hydrogen-bond donors (Lipinski definition) is 3. The number of nitrogens with two attached hydrogens (primary N) is 1. The molecule has 2 rings (SSSR count). The van der Waals surface area contributed by atoms with Gasteiger partial charge in [0.05, 0.1) is 12.3 Å². The lowest BCUT2D eigenvalue weighted by molar-refractivity contribution is 0.0690. The third-order valence-electron chi connectivity index (χ3n) is 2.74. The van der Waals surface area contributed by atoms with Gasteiger partial charge in [-0.3, -0.25) is 0 Å². The number of nitrogens with one attached hydrogen (secondary N) is 1. The summed E-state index contributed by atoms with van der Waals surface area (Å²) < 4.78 is 5.49. The highest BCUT2D eigenvalue weighted by atomic mass is 16.5. The van der Waals surface area contributed by atoms with Gasteiger partial charge in [0.15, 0.2) is 11.5 Å². The number of nitrogens with zero attached hydrogens (tertiary/aromatic N) is 1. The highest BCUT2D eigenvalue weighted by Crippen LogP contribution is 2.23. The molecular formula is C15H17N3O3. The molecule has 0 unspecified atom stereocenters. The van der Waals surface area contributed by atoms with Gasteiger partial charge in [0, 0.05) is 5.69 Å². The van der Waals surface area contributed by atoms with E-state index in [2.05, 4.69) is 10.3 Å². The van der Waals surface area contributed by atoms with E-state index in [1.807, 2.05) is 31.2 Å². The minimum absolute atomic E-state index is 0.0606. The molecule has 0 aliphatic heterocycles. The number of rotatable bonds is 6. The maximum atomic E-state index is 10.9. The highest BCUT2D eigenvalue weighted by molar-refractivity contribution is 5.87. The third-order valence-corrected chi connectivity index (χ3v) is 2.74. The van der Waals surface area contributed by atoms with E-state index >= 15 is 0 Å². The zero-order valence-electron chi connectivity index (χ0n) is 11.7. The maximum Gasteiger partial charge on any atom is 0.354 e. The van der Waals surface area contributed by atoms with Crippen molar-refractivity contribution < 1.29 is 14.6 Å². The number of anilines is 3. The fraction of sp³-hybridized carbons (Fsp3) is 0.200. The Hall–Kier alpha value is -2.76. The Morgan fingerprint density at radius 2 is 2.00 bits per heavy atom. The Kier molecular flexibility index (Phi) is 4.61. The smallest absolute Gasteiger partial charge is 0.354 e. The number of benzene rings is 1. The van der Waals surface area contributed by atoms with Crippen molar-refractivity contribution in [3.63, 3.8) is 0 Å². The second kappa shape index (κ2) is 6.60. The van der Waals surface area contributed by atoms with Crippen molar-refractivity contribution in [2.45, 2.75) is 13.3 Å². The molecule has 0 spiro atoms. The Balaban J connectivity index is 2.14. The largest absolute Gasteiger partial charge is 0.494 e. The number of hydrogen-bond acceptors (Lipinski definition) is 5. The molecule has 2 aromatic rings. The van der Waals surface area contributed by atoms with Gasteiger partial charge in [-0.2, -0.15) is 0 Å². The minimum atomic E-state index is -1.10. The summed E-state index contributed by atoms with van der Waals surface area (Å²) in [4.78, 5) is 14.9. The number of nitrogen functional groups attached to an aromatic ring is 1. The number of carbonyl (C=O) groups is 1. The number of pyridine rings is 1. The van der Waals surface area contributed by atoms with Crippen LogP contribution in [0.5, 0.6) is 5.75 Å². The Morgan fingerprint density at radius 3 is 2.62 bits per heavy atom. The first-order valence-corrected chi connectivity index (χ1v) is 6.60. The molecule has 6 nitrogen and oxygen atoms in total. The van der Waals surface area contributed by atoms with Crippen LogP contribution in [0.3, 0.4) is 0 Å². The molecule has 1 heterocycles. The van der Waals surface area contributed by atoms with Gasteiger partial charge < -0.3 is 20.9 Å². The van der Waals surface area contributed by atoms with E-state index in [9.17, 15) is 4.79 Å². The molecule has 110 valence electrons. The minimum Gasteiger partial charge on any atom is -0.494 e. The average Bonchev–Trinajstić information content (AvgIpc) is 2.48. The number of carboxylic acids is 1. The van der Waals surface area contributed by atoms with E-state index < -0.39 is 5.97 Å². The molecule has 0 fully saturated rings. The van der Waals surface area contributed by atoms with Crippen molar-refractivity contribution >= 4 is 23.2 Å². The van der Waals surface area contributed by atoms with E-state index in [0.29, 0.717) is 18.1 Å². The first kappa shape index (κ1) is 14.6. The second-order valence-corrected chi connectivity index (χ2v) is 4.44. The summed E-state index contributed by atoms with van der Waals surface area (Å²) in [5.41, 5.74) is 6.86. The van der Waals surface area contributed by atoms with Crippen LogP contribution in [0.15, 0.2) is 36.4 Å². The number of carboxylic acid groups (broad SMARTS) is 1. The number of aromatic carboxylic acids is 1. The van der Waals surface area contributed by atoms with Gasteiger partial charge >= 0.3 is 5.97 Å². The molecule has 0 radical (unpaired) electrons. The fourth-order valence-electron chi connectivity index (χ4n) is 1.68. The predicted octanol–water partition coefficient (Wildman–Crippen LogP) is 2.89. The normalized spacial score (nSPS) is 10.1. The molecule has 0 saturated carbocycles. The molecule has 0 atom stereocenters. The molecule has 0 saturated heterocycles. The van der Waals surface area contributed by atoms with Crippen molar-refractivity contribution in [2.24, 2.45) is 0 Å². The standard InChI is InChI=1S/C15H17N3O3/c1-2-9-21-11-5-3-10(4-6-11)17-14-12(16)7-8-13(18-14)15(19)20/h3-8H,2,9,16H2,1H3,(H,17,18)(H,19,20). The molecule has 0 amide bonds. The van der Waals surface area contributed by atoms with Crippen LogP contribution in [-0.4, -0.2) is 22.7 Å². The average molecular weight is 287 g/mol. The van der Waals surface area contributed by atoms with E-state index in [4.69, 9.17) is 15.6 Å². The van der Waals surface area contributed by atoms with E-state index in [-0.39, 0.29) is 5.69 Å². The molecule has 0 aliphatic carbocycles. The number of aromatic nitrogens is 1. The first-order chi connectivity index (χ1) is 10.1. The number of ether oxygens (including phenoxy) is 1. The zero-order chi connectivity index (χ0) is 15.2. The van der Waals surface area contributed by atoms with Gasteiger partial charge in [0.1, 0.15) is 5.75 Å². The summed E-state index contributed by atoms with van der Waals surface area (Å²) in [6.45, 7) is 2.71. The molecular weight excluding hydrogens is 270 g/mol. The molecule has 4 N–H and O–H groups in total. The van der Waals surface area contributed by atoms with Gasteiger partial charge in [-0.1, -0.05) is 6.92 Å². The van der Waals surface area contributed by atoms with Crippen LogP contribution in [0.1, 0.15) is 23.8 Å². The highest BCUT2D eigenvalue weighted by Gasteiger charge is 2.08. The van der Waals surface area contributed by atoms with Gasteiger partial charge in [-0.05, 0) is 42.8 Å². The maximum absolute atomic E-state index is 10.9. The quantitative estimate of drug-likeness (QED) is 0.755. The van der Waals surface area contributed by atoms with Crippen molar-refractivity contribution in [3.05, 3.63) is 42.1 Å². The van der Waals surface area contributed by atoms with Gasteiger partial charge in [0.25, 0.3) is 0 Å². The zero-order valence-corrected chi connectivity index (χ0v) is 11.7. The van der Waals surface area contributed by atoms with Crippen molar-refractivity contribution in [1.82, 2.24) is 4.98 Å². The second-order valence-electron chi connectivity index (χ2n) is 4.44. The molecule has 1 aromatic carbocycles. The lowest BCUT2D eigenvalue weighted by Gasteiger charge is -2.10. The summed E-state index contributed by atoms with van der Waals surface area (Å²) in [6, 6.07) is 10.2. The monoisotopic (exact) mass is 287 g/mol. The van der Waals surface area contributed by atoms with Crippen molar-refractivity contribution in [2.75, 3.05) is 17.7 Å². The topological polar surface area (TPSA) is 97.5 Å². The van der Waals surface area contributed by atoms with Gasteiger partial charge in [-0.25, -0.2) is 9.78 Å². The summed E-state index contributed by atoms with van der Waals surface area (Å²) >= 11 is 0. The van der Waals surface area contributed by atoms with E-state index in [0.717, 1.165) is 17.9 Å². The third kappa shape index (κ3) is 3.85. The Labute approximate surface area is 122 Å². The predicted molar refractivity (Wildman–Crippen MR) is 81.1 cm³/mol. The first-order valence-electron chi connectivity index (χ1n) is 6.60. The SMILES string of the molecule is CCCOc1ccc(Nc2nc(C(=O)O)ccc2N)cc1. The van der Waals surface area contributed by atoms with Crippen LogP contribution in [-0.2, 0) is 0 Å². The van der Waals surface area contributed by atoms with Crippen LogP contribution in [0.25, 0.3) is 0 Å². The van der Waals surface area contributed by atoms with Crippen molar-refractivity contribution in [1.29, 1.82) is 0 Å². The molecule has 0 aliphatic rings. The van der Waals surface area contributed by atoms with Crippen molar-refractivity contribution in [3.8, 4) is 5.75 Å². The van der Waals surface area contributed by atoms with E-state index in [1.165, 1.54) is 12.1 Å². The Bertz CT molecular complexity index is 627. The van der Waals surface area contributed by atoms with Crippen LogP contribution < -0.4 is 15.8 Å². The summed E-state index contributed by atoms with van der Waals surface area (Å²) in [5.74, 6) is 0.00103. The molecule has 1 aromatic heterocycles. The summed E-state index contributed by atoms with van der Waals surface area (Å²) in [6.07, 6.45) is 0.947. The fourth-order valence-corrected chi connectivity index (χ4v) is 1.68. The molecule has 0 bridgehead atoms. The van der Waals surface area contributed by atoms with E-state index in [1.54, 1.807) is 0 Å². The summed E-state index contributed by atoms with van der Waals surface area (Å²) in [5, 5.41) is 11.9. The Morgan fingerprint density at radius 1 is 1.29 bits per heavy atom. The molecule has 6 heteroatoms. The molecule has 21 heavy (non-hydrogen) atoms. The summed E-state index contributed by atoms with van der Waals surface area (Å²) in [7, 11) is 0. The van der Waals surface area contributed by atoms with Crippen LogP contribution in [0.4, 0.5) is 17.2 Å². The van der Waals surface area contributed by atoms with Crippen LogP contribution in [0.2, 0.25) is 0 Å². The van der Waals surface area contributed by atoms with Crippen LogP contribution >= 0.6 is 0 Å². The van der Waals surface area contributed by atoms with Gasteiger partial charge in [-0.15, -0.1) is 0 Å². The lowest BCUT2D eigenvalue weighted by Crippen LogP contribution is -2.05. The lowest BCUT2D eigenvalue weighted by atomic mass is 10.2. The van der Waals surface area contributed by atoms with Crippen LogP contribution in [0, 0.1) is 0 Å².